The monoisotopic (exact) mass is 242 g/mol. The van der Waals surface area contributed by atoms with E-state index in [2.05, 4.69) is 67.2 Å². The minimum absolute atomic E-state index is 0.247. The van der Waals surface area contributed by atoms with Gasteiger partial charge in [-0.25, -0.2) is 0 Å². The van der Waals surface area contributed by atoms with Crippen LogP contribution in [0.15, 0.2) is 18.7 Å². The van der Waals surface area contributed by atoms with Crippen LogP contribution in [-0.4, -0.2) is 0 Å². The van der Waals surface area contributed by atoms with Gasteiger partial charge in [-0.3, -0.25) is 0 Å². The van der Waals surface area contributed by atoms with Gasteiger partial charge in [0.05, 0.1) is 0 Å². The van der Waals surface area contributed by atoms with Crippen LogP contribution >= 0.6 is 0 Å². The second-order valence-corrected chi connectivity index (χ2v) is 7.16. The largest absolute Gasteiger partial charge is 0.0955 e. The molecule has 0 aliphatic heterocycles. The number of hydrogen-bond donors (Lipinski definition) is 0. The van der Waals surface area contributed by atoms with Gasteiger partial charge in [0, 0.05) is 0 Å². The summed E-state index contributed by atoms with van der Waals surface area (Å²) in [4.78, 5) is 0. The van der Waals surface area contributed by atoms with Crippen LogP contribution < -0.4 is 0 Å². The van der Waals surface area contributed by atoms with E-state index in [1.165, 1.54) is 27.8 Å². The molecular formula is C18H26. The van der Waals surface area contributed by atoms with Gasteiger partial charge in [0.1, 0.15) is 0 Å². The Labute approximate surface area is 112 Å². The predicted octanol–water partition coefficient (Wildman–Crippen LogP) is 5.23. The topological polar surface area (TPSA) is 0 Å². The average Bonchev–Trinajstić information content (AvgIpc) is 2.37. The molecule has 0 spiro atoms. The third-order valence-corrected chi connectivity index (χ3v) is 5.38. The van der Waals surface area contributed by atoms with Gasteiger partial charge in [0.2, 0.25) is 0 Å². The number of fused-ring (bicyclic) bond motifs is 1. The van der Waals surface area contributed by atoms with E-state index in [0.717, 1.165) is 0 Å². The van der Waals surface area contributed by atoms with E-state index >= 15 is 0 Å². The molecule has 0 amide bonds. The van der Waals surface area contributed by atoms with Gasteiger partial charge < -0.3 is 0 Å². The zero-order chi connectivity index (χ0) is 13.9. The average molecular weight is 242 g/mol. The molecule has 0 N–H and O–H groups in total. The van der Waals surface area contributed by atoms with Gasteiger partial charge in [-0.15, -0.1) is 0 Å². The van der Waals surface area contributed by atoms with E-state index < -0.39 is 0 Å². The first-order chi connectivity index (χ1) is 8.10. The number of rotatable bonds is 1. The highest BCUT2D eigenvalue weighted by Crippen LogP contribution is 2.54. The lowest BCUT2D eigenvalue weighted by molar-refractivity contribution is 0.264. The quantitative estimate of drug-likeness (QED) is 0.632. The third-order valence-electron chi connectivity index (χ3n) is 5.38. The summed E-state index contributed by atoms with van der Waals surface area (Å²) in [6.07, 6.45) is 0. The molecule has 1 aliphatic carbocycles. The molecule has 0 heteroatoms. The van der Waals surface area contributed by atoms with Gasteiger partial charge in [0.25, 0.3) is 0 Å². The van der Waals surface area contributed by atoms with Crippen molar-refractivity contribution in [1.82, 2.24) is 0 Å². The summed E-state index contributed by atoms with van der Waals surface area (Å²) in [5, 5.41) is 0. The van der Waals surface area contributed by atoms with E-state index in [0.29, 0.717) is 5.92 Å². The molecule has 0 fully saturated rings. The van der Waals surface area contributed by atoms with Crippen molar-refractivity contribution in [3.05, 3.63) is 41.0 Å². The Morgan fingerprint density at radius 3 is 1.94 bits per heavy atom. The molecular weight excluding hydrogens is 216 g/mol. The van der Waals surface area contributed by atoms with Crippen LogP contribution in [0.1, 0.15) is 63.8 Å². The van der Waals surface area contributed by atoms with Crippen LogP contribution in [0, 0.1) is 12.8 Å². The van der Waals surface area contributed by atoms with Gasteiger partial charge in [-0.05, 0) is 52.8 Å². The van der Waals surface area contributed by atoms with Crippen molar-refractivity contribution in [3.63, 3.8) is 0 Å². The fraction of sp³-hybridized carbons (Fsp3) is 0.556. The van der Waals surface area contributed by atoms with E-state index in [1.54, 1.807) is 0 Å². The summed E-state index contributed by atoms with van der Waals surface area (Å²) in [5.74, 6) is 0.653. The third kappa shape index (κ3) is 1.58. The molecule has 0 nitrogen and oxygen atoms in total. The fourth-order valence-corrected chi connectivity index (χ4v) is 3.60. The van der Waals surface area contributed by atoms with Crippen molar-refractivity contribution in [2.24, 2.45) is 5.92 Å². The van der Waals surface area contributed by atoms with Crippen LogP contribution in [0.2, 0.25) is 0 Å². The summed E-state index contributed by atoms with van der Waals surface area (Å²) in [7, 11) is 0. The van der Waals surface area contributed by atoms with Crippen LogP contribution in [-0.2, 0) is 10.8 Å². The number of allylic oxidation sites excluding steroid dienone is 1. The van der Waals surface area contributed by atoms with E-state index in [-0.39, 0.29) is 10.8 Å². The number of hydrogen-bond acceptors (Lipinski definition) is 0. The van der Waals surface area contributed by atoms with Gasteiger partial charge >= 0.3 is 0 Å². The summed E-state index contributed by atoms with van der Waals surface area (Å²) in [6, 6.07) is 4.78. The first-order valence-electron chi connectivity index (χ1n) is 6.91. The lowest BCUT2D eigenvalue weighted by Crippen LogP contribution is -2.30. The lowest BCUT2D eigenvalue weighted by Gasteiger charge is -2.32. The van der Waals surface area contributed by atoms with Crippen LogP contribution in [0.4, 0.5) is 0 Å². The Hall–Kier alpha value is -1.04. The fourth-order valence-electron chi connectivity index (χ4n) is 3.60. The van der Waals surface area contributed by atoms with Crippen molar-refractivity contribution in [2.45, 2.75) is 59.3 Å². The Morgan fingerprint density at radius 1 is 1.06 bits per heavy atom. The van der Waals surface area contributed by atoms with E-state index in [9.17, 15) is 0 Å². The van der Waals surface area contributed by atoms with E-state index in [4.69, 9.17) is 0 Å². The highest BCUT2D eigenvalue weighted by atomic mass is 14.5. The van der Waals surface area contributed by atoms with Crippen LogP contribution in [0.3, 0.4) is 0 Å². The molecule has 18 heavy (non-hydrogen) atoms. The Morgan fingerprint density at radius 2 is 1.50 bits per heavy atom. The maximum absolute atomic E-state index is 4.11. The maximum atomic E-state index is 4.11. The molecule has 0 saturated heterocycles. The molecule has 1 atom stereocenters. The van der Waals surface area contributed by atoms with Gasteiger partial charge in [0.15, 0.2) is 0 Å². The summed E-state index contributed by atoms with van der Waals surface area (Å²) in [5.41, 5.74) is 7.41. The smallest absolute Gasteiger partial charge is 0.00665 e. The molecule has 1 unspecified atom stereocenters. The molecule has 1 aromatic carbocycles. The number of aryl methyl sites for hydroxylation is 1. The predicted molar refractivity (Wildman–Crippen MR) is 81.1 cm³/mol. The van der Waals surface area contributed by atoms with Crippen molar-refractivity contribution in [2.75, 3.05) is 0 Å². The Balaban J connectivity index is 2.76. The standard InChI is InChI=1S/C18H26/c1-11(2)14-10-16-15(9-12(14)3)17(5,6)13(4)18(16,7)8/h9-10,13H,1H2,2-8H3. The first kappa shape index (κ1) is 13.4. The SMILES string of the molecule is C=C(C)c1cc2c(cc1C)C(C)(C)C(C)C2(C)C. The van der Waals surface area contributed by atoms with Crippen molar-refractivity contribution in [3.8, 4) is 0 Å². The lowest BCUT2D eigenvalue weighted by atomic mass is 9.71. The van der Waals surface area contributed by atoms with Gasteiger partial charge in [-0.2, -0.15) is 0 Å². The summed E-state index contributed by atoms with van der Waals surface area (Å²) in [6.45, 7) is 20.3. The molecule has 98 valence electrons. The normalized spacial score (nSPS) is 23.8. The zero-order valence-electron chi connectivity index (χ0n) is 12.9. The summed E-state index contributed by atoms with van der Waals surface area (Å²) >= 11 is 0. The minimum Gasteiger partial charge on any atom is -0.0955 e. The van der Waals surface area contributed by atoms with E-state index in [1.807, 2.05) is 0 Å². The number of benzene rings is 1. The Kier molecular flexibility index (Phi) is 2.77. The van der Waals surface area contributed by atoms with Crippen LogP contribution in [0.5, 0.6) is 0 Å². The maximum Gasteiger partial charge on any atom is -0.00665 e. The van der Waals surface area contributed by atoms with Gasteiger partial charge in [-0.1, -0.05) is 58.9 Å². The molecule has 0 heterocycles. The molecule has 1 aliphatic rings. The highest BCUT2D eigenvalue weighted by molar-refractivity contribution is 5.67. The van der Waals surface area contributed by atoms with Crippen molar-refractivity contribution in [1.29, 1.82) is 0 Å². The molecule has 0 bridgehead atoms. The van der Waals surface area contributed by atoms with Crippen molar-refractivity contribution >= 4 is 5.57 Å². The molecule has 0 saturated carbocycles. The molecule has 0 aromatic heterocycles. The highest BCUT2D eigenvalue weighted by Gasteiger charge is 2.48. The second-order valence-electron chi connectivity index (χ2n) is 7.16. The minimum atomic E-state index is 0.247. The summed E-state index contributed by atoms with van der Waals surface area (Å²) < 4.78 is 0. The second kappa shape index (κ2) is 3.73. The van der Waals surface area contributed by atoms with Crippen LogP contribution in [0.25, 0.3) is 5.57 Å². The molecule has 1 aromatic rings. The molecule has 0 radical (unpaired) electrons. The first-order valence-corrected chi connectivity index (χ1v) is 6.91. The molecule has 2 rings (SSSR count). The zero-order valence-corrected chi connectivity index (χ0v) is 12.9. The Bertz CT molecular complexity index is 515. The van der Waals surface area contributed by atoms with Crippen molar-refractivity contribution < 1.29 is 0 Å².